The van der Waals surface area contributed by atoms with Crippen LogP contribution in [-0.4, -0.2) is 25.3 Å². The van der Waals surface area contributed by atoms with Crippen LogP contribution in [0.3, 0.4) is 0 Å². The highest BCUT2D eigenvalue weighted by molar-refractivity contribution is 5.91. The minimum absolute atomic E-state index is 0.171. The predicted octanol–water partition coefficient (Wildman–Crippen LogP) is 3.07. The number of para-hydroxylation sites is 1. The molecule has 0 saturated heterocycles. The van der Waals surface area contributed by atoms with Gasteiger partial charge in [-0.05, 0) is 36.6 Å². The maximum absolute atomic E-state index is 12.8. The average Bonchev–Trinajstić information content (AvgIpc) is 3.17. The first-order valence-corrected chi connectivity index (χ1v) is 9.45. The van der Waals surface area contributed by atoms with Crippen LogP contribution in [0.5, 0.6) is 0 Å². The Morgan fingerprint density at radius 3 is 2.59 bits per heavy atom. The number of rotatable bonds is 5. The molecule has 0 aliphatic rings. The molecule has 2 aromatic carbocycles. The largest absolute Gasteiger partial charge is 0.324 e. The lowest BCUT2D eigenvalue weighted by Crippen LogP contribution is -2.30. The van der Waals surface area contributed by atoms with Crippen LogP contribution in [0.1, 0.15) is 18.1 Å². The number of aryl methyl sites for hydroxylation is 2. The first kappa shape index (κ1) is 18.6. The molecule has 0 bridgehead atoms. The lowest BCUT2D eigenvalue weighted by atomic mass is 10.1. The molecule has 0 radical (unpaired) electrons. The van der Waals surface area contributed by atoms with Crippen molar-refractivity contribution in [3.8, 4) is 11.3 Å². The monoisotopic (exact) mass is 387 g/mol. The van der Waals surface area contributed by atoms with Crippen LogP contribution in [-0.2, 0) is 17.8 Å². The average molecular weight is 387 g/mol. The molecule has 146 valence electrons. The van der Waals surface area contributed by atoms with Crippen molar-refractivity contribution in [3.05, 3.63) is 82.4 Å². The van der Waals surface area contributed by atoms with Crippen LogP contribution >= 0.6 is 0 Å². The van der Waals surface area contributed by atoms with Crippen molar-refractivity contribution in [2.45, 2.75) is 26.8 Å². The fourth-order valence-corrected chi connectivity index (χ4v) is 3.14. The molecule has 0 fully saturated rings. The van der Waals surface area contributed by atoms with E-state index >= 15 is 0 Å². The summed E-state index contributed by atoms with van der Waals surface area (Å²) < 4.78 is 2.59. The molecular weight excluding hydrogens is 366 g/mol. The van der Waals surface area contributed by atoms with Crippen LogP contribution in [0.15, 0.2) is 65.7 Å². The lowest BCUT2D eigenvalue weighted by molar-refractivity contribution is -0.117. The van der Waals surface area contributed by atoms with Gasteiger partial charge in [0.05, 0.1) is 5.69 Å². The second-order valence-electron chi connectivity index (χ2n) is 6.87. The smallest absolute Gasteiger partial charge is 0.293 e. The van der Waals surface area contributed by atoms with E-state index in [0.29, 0.717) is 16.9 Å². The van der Waals surface area contributed by atoms with E-state index in [9.17, 15) is 9.59 Å². The van der Waals surface area contributed by atoms with E-state index in [4.69, 9.17) is 0 Å². The number of nitrogens with zero attached hydrogens (tertiary/aromatic N) is 4. The third-order valence-electron chi connectivity index (χ3n) is 4.86. The number of nitrogens with one attached hydrogen (secondary N) is 1. The van der Waals surface area contributed by atoms with Gasteiger partial charge in [-0.2, -0.15) is 10.2 Å². The second kappa shape index (κ2) is 7.71. The number of hydrogen-bond acceptors (Lipinski definition) is 4. The normalized spacial score (nSPS) is 11.0. The Morgan fingerprint density at radius 1 is 1.10 bits per heavy atom. The van der Waals surface area contributed by atoms with E-state index in [1.807, 2.05) is 55.5 Å². The Kier molecular flexibility index (Phi) is 4.95. The Bertz CT molecular complexity index is 1240. The Labute approximate surface area is 167 Å². The van der Waals surface area contributed by atoms with Crippen LogP contribution in [0.2, 0.25) is 0 Å². The van der Waals surface area contributed by atoms with Crippen molar-refractivity contribution in [2.24, 2.45) is 0 Å². The standard InChI is InChI=1S/C22H21N5O2/c1-3-16-8-10-17(11-9-16)19-12-20-22(29)26(23-14-27(20)25-19)13-21(28)24-18-7-5-4-6-15(18)2/h4-12,14H,3,13H2,1-2H3,(H,24,28). The molecule has 0 aliphatic carbocycles. The Morgan fingerprint density at radius 2 is 1.86 bits per heavy atom. The molecule has 2 aromatic heterocycles. The van der Waals surface area contributed by atoms with Crippen LogP contribution in [0, 0.1) is 6.92 Å². The minimum Gasteiger partial charge on any atom is -0.324 e. The number of amides is 1. The highest BCUT2D eigenvalue weighted by Gasteiger charge is 2.13. The molecular formula is C22H21N5O2. The van der Waals surface area contributed by atoms with Gasteiger partial charge in [-0.1, -0.05) is 49.4 Å². The molecule has 0 spiro atoms. The van der Waals surface area contributed by atoms with Crippen LogP contribution < -0.4 is 10.9 Å². The first-order chi connectivity index (χ1) is 14.0. The second-order valence-corrected chi connectivity index (χ2v) is 6.87. The van der Waals surface area contributed by atoms with Gasteiger partial charge in [0.1, 0.15) is 18.4 Å². The zero-order chi connectivity index (χ0) is 20.4. The maximum Gasteiger partial charge on any atom is 0.293 e. The molecule has 7 nitrogen and oxygen atoms in total. The molecule has 4 aromatic rings. The minimum atomic E-state index is -0.364. The van der Waals surface area contributed by atoms with E-state index in [2.05, 4.69) is 22.4 Å². The lowest BCUT2D eigenvalue weighted by Gasteiger charge is -2.08. The highest BCUT2D eigenvalue weighted by Crippen LogP contribution is 2.19. The molecule has 4 rings (SSSR count). The van der Waals surface area contributed by atoms with E-state index < -0.39 is 0 Å². The number of benzene rings is 2. The first-order valence-electron chi connectivity index (χ1n) is 9.45. The van der Waals surface area contributed by atoms with E-state index in [1.54, 1.807) is 6.07 Å². The van der Waals surface area contributed by atoms with Crippen LogP contribution in [0.25, 0.3) is 16.8 Å². The summed E-state index contributed by atoms with van der Waals surface area (Å²) in [5.41, 5.74) is 4.53. The zero-order valence-electron chi connectivity index (χ0n) is 16.3. The molecule has 0 unspecified atom stereocenters. The van der Waals surface area contributed by atoms with Gasteiger partial charge in [0, 0.05) is 11.3 Å². The molecule has 2 heterocycles. The van der Waals surface area contributed by atoms with E-state index in [-0.39, 0.29) is 18.0 Å². The summed E-state index contributed by atoms with van der Waals surface area (Å²) in [6, 6.07) is 17.3. The number of fused-ring (bicyclic) bond motifs is 1. The van der Waals surface area contributed by atoms with Gasteiger partial charge in [0.15, 0.2) is 0 Å². The van der Waals surface area contributed by atoms with Crippen LogP contribution in [0.4, 0.5) is 5.69 Å². The summed E-state index contributed by atoms with van der Waals surface area (Å²) in [5, 5.41) is 11.3. The highest BCUT2D eigenvalue weighted by atomic mass is 16.2. The summed E-state index contributed by atoms with van der Waals surface area (Å²) in [6.07, 6.45) is 2.41. The molecule has 7 heteroatoms. The zero-order valence-corrected chi connectivity index (χ0v) is 16.3. The molecule has 0 atom stereocenters. The van der Waals surface area contributed by atoms with Crippen molar-refractivity contribution in [2.75, 3.05) is 5.32 Å². The fraction of sp³-hybridized carbons (Fsp3) is 0.182. The van der Waals surface area contributed by atoms with Gasteiger partial charge in [0.25, 0.3) is 5.56 Å². The Hall–Kier alpha value is -3.74. The maximum atomic E-state index is 12.8. The number of aromatic nitrogens is 4. The predicted molar refractivity (Wildman–Crippen MR) is 112 cm³/mol. The van der Waals surface area contributed by atoms with E-state index in [0.717, 1.165) is 22.2 Å². The van der Waals surface area contributed by atoms with Gasteiger partial charge in [-0.25, -0.2) is 9.20 Å². The summed E-state index contributed by atoms with van der Waals surface area (Å²) in [5.74, 6) is -0.312. The van der Waals surface area contributed by atoms with Gasteiger partial charge in [0.2, 0.25) is 5.91 Å². The summed E-state index contributed by atoms with van der Waals surface area (Å²) in [4.78, 5) is 25.2. The number of carbonyl (C=O) groups excluding carboxylic acids is 1. The van der Waals surface area contributed by atoms with Gasteiger partial charge < -0.3 is 5.32 Å². The van der Waals surface area contributed by atoms with E-state index in [1.165, 1.54) is 16.4 Å². The third-order valence-corrected chi connectivity index (χ3v) is 4.86. The third kappa shape index (κ3) is 3.80. The fourth-order valence-electron chi connectivity index (χ4n) is 3.14. The topological polar surface area (TPSA) is 81.3 Å². The summed E-state index contributed by atoms with van der Waals surface area (Å²) in [6.45, 7) is 3.84. The van der Waals surface area contributed by atoms with Crippen molar-refractivity contribution in [1.82, 2.24) is 19.4 Å². The molecule has 1 amide bonds. The van der Waals surface area contributed by atoms with Crippen molar-refractivity contribution in [1.29, 1.82) is 0 Å². The van der Waals surface area contributed by atoms with Crippen molar-refractivity contribution in [3.63, 3.8) is 0 Å². The molecule has 1 N–H and O–H groups in total. The van der Waals surface area contributed by atoms with Gasteiger partial charge in [-0.3, -0.25) is 9.59 Å². The number of anilines is 1. The molecule has 0 saturated carbocycles. The molecule has 29 heavy (non-hydrogen) atoms. The Balaban J connectivity index is 1.59. The molecule has 0 aliphatic heterocycles. The van der Waals surface area contributed by atoms with Crippen molar-refractivity contribution < 1.29 is 4.79 Å². The number of hydrogen-bond donors (Lipinski definition) is 1. The van der Waals surface area contributed by atoms with Gasteiger partial charge >= 0.3 is 0 Å². The van der Waals surface area contributed by atoms with Crippen molar-refractivity contribution >= 4 is 17.1 Å². The summed E-state index contributed by atoms with van der Waals surface area (Å²) in [7, 11) is 0. The summed E-state index contributed by atoms with van der Waals surface area (Å²) >= 11 is 0. The van der Waals surface area contributed by atoms with Gasteiger partial charge in [-0.15, -0.1) is 0 Å². The quantitative estimate of drug-likeness (QED) is 0.571. The number of carbonyl (C=O) groups is 1. The SMILES string of the molecule is CCc1ccc(-c2cc3c(=O)n(CC(=O)Nc4ccccc4C)ncn3n2)cc1.